The van der Waals surface area contributed by atoms with Crippen LogP contribution in [0.25, 0.3) is 5.69 Å². The van der Waals surface area contributed by atoms with Crippen LogP contribution in [-0.4, -0.2) is 18.2 Å². The van der Waals surface area contributed by atoms with Gasteiger partial charge in [-0.25, -0.2) is 18.2 Å². The first kappa shape index (κ1) is 18.9. The highest BCUT2D eigenvalue weighted by molar-refractivity contribution is 7.89. The number of hydrogen-bond acceptors (Lipinski definition) is 3. The first-order valence-electron chi connectivity index (χ1n) is 8.46. The maximum absolute atomic E-state index is 13.2. The summed E-state index contributed by atoms with van der Waals surface area (Å²) < 4.78 is 63.6. The Hall–Kier alpha value is -1.87. The van der Waals surface area contributed by atoms with Gasteiger partial charge in [-0.15, -0.1) is 0 Å². The van der Waals surface area contributed by atoms with Gasteiger partial charge in [0.15, 0.2) is 5.69 Å². The van der Waals surface area contributed by atoms with Gasteiger partial charge in [0.05, 0.1) is 10.6 Å². The van der Waals surface area contributed by atoms with Crippen LogP contribution in [-0.2, 0) is 16.2 Å². The molecule has 0 amide bonds. The largest absolute Gasteiger partial charge is 0.435 e. The fourth-order valence-corrected chi connectivity index (χ4v) is 3.90. The van der Waals surface area contributed by atoms with E-state index in [0.29, 0.717) is 11.4 Å². The Morgan fingerprint density at radius 2 is 1.62 bits per heavy atom. The van der Waals surface area contributed by atoms with Gasteiger partial charge >= 0.3 is 6.18 Å². The Labute approximate surface area is 150 Å². The number of alkyl halides is 3. The van der Waals surface area contributed by atoms with Gasteiger partial charge in [0.2, 0.25) is 10.0 Å². The molecule has 1 saturated carbocycles. The summed E-state index contributed by atoms with van der Waals surface area (Å²) in [6.07, 6.45) is 1.21. The minimum Gasteiger partial charge on any atom is -0.237 e. The maximum atomic E-state index is 13.2. The van der Waals surface area contributed by atoms with E-state index in [2.05, 4.69) is 5.10 Å². The first-order valence-corrected chi connectivity index (χ1v) is 10.0. The van der Waals surface area contributed by atoms with Crippen LogP contribution in [0.2, 0.25) is 0 Å². The van der Waals surface area contributed by atoms with Crippen molar-refractivity contribution in [3.8, 4) is 5.69 Å². The van der Waals surface area contributed by atoms with E-state index in [0.717, 1.165) is 44.6 Å². The van der Waals surface area contributed by atoms with E-state index in [1.165, 1.54) is 28.9 Å². The van der Waals surface area contributed by atoms with Crippen molar-refractivity contribution in [1.82, 2.24) is 9.78 Å². The lowest BCUT2D eigenvalue weighted by molar-refractivity contribution is -0.141. The molecular weight excluding hydrogens is 367 g/mol. The van der Waals surface area contributed by atoms with E-state index in [1.807, 2.05) is 0 Å². The number of sulfonamides is 1. The van der Waals surface area contributed by atoms with Crippen LogP contribution in [0.1, 0.15) is 55.8 Å². The van der Waals surface area contributed by atoms with Gasteiger partial charge in [-0.05, 0) is 43.2 Å². The number of rotatable bonds is 3. The minimum atomic E-state index is -4.54. The molecule has 9 heteroatoms. The quantitative estimate of drug-likeness (QED) is 0.810. The van der Waals surface area contributed by atoms with Gasteiger partial charge in [0.25, 0.3) is 0 Å². The molecule has 0 bridgehead atoms. The van der Waals surface area contributed by atoms with Gasteiger partial charge in [0.1, 0.15) is 0 Å². The second-order valence-corrected chi connectivity index (χ2v) is 8.15. The summed E-state index contributed by atoms with van der Waals surface area (Å²) in [4.78, 5) is -0.0968. The Kier molecular flexibility index (Phi) is 5.12. The van der Waals surface area contributed by atoms with Gasteiger partial charge in [-0.3, -0.25) is 0 Å². The van der Waals surface area contributed by atoms with Gasteiger partial charge in [-0.2, -0.15) is 18.3 Å². The molecule has 0 spiro atoms. The zero-order valence-electron chi connectivity index (χ0n) is 14.0. The Morgan fingerprint density at radius 1 is 1.04 bits per heavy atom. The molecule has 2 aromatic rings. The second-order valence-electron chi connectivity index (χ2n) is 6.59. The maximum Gasteiger partial charge on any atom is 0.435 e. The van der Waals surface area contributed by atoms with E-state index in [-0.39, 0.29) is 10.8 Å². The smallest absolute Gasteiger partial charge is 0.237 e. The van der Waals surface area contributed by atoms with Crippen molar-refractivity contribution in [2.75, 3.05) is 0 Å². The third-order valence-corrected chi connectivity index (χ3v) is 5.64. The highest BCUT2D eigenvalue weighted by Crippen LogP contribution is 2.36. The molecular formula is C17H20F3N3O2S. The number of nitrogens with zero attached hydrogens (tertiary/aromatic N) is 2. The Bertz CT molecular complexity index is 866. The fraction of sp³-hybridized carbons (Fsp3) is 0.471. The van der Waals surface area contributed by atoms with Crippen LogP contribution < -0.4 is 5.14 Å². The van der Waals surface area contributed by atoms with Crippen LogP contribution in [0.15, 0.2) is 35.2 Å². The van der Waals surface area contributed by atoms with E-state index >= 15 is 0 Å². The van der Waals surface area contributed by atoms with Crippen LogP contribution in [0, 0.1) is 0 Å². The number of halogens is 3. The zero-order chi connectivity index (χ0) is 18.9. The lowest BCUT2D eigenvalue weighted by Crippen LogP contribution is -2.13. The first-order chi connectivity index (χ1) is 12.2. The monoisotopic (exact) mass is 387 g/mol. The molecule has 1 aliphatic carbocycles. The molecule has 1 aromatic heterocycles. The lowest BCUT2D eigenvalue weighted by Gasteiger charge is -2.16. The summed E-state index contributed by atoms with van der Waals surface area (Å²) in [7, 11) is -3.86. The van der Waals surface area contributed by atoms with Crippen LogP contribution in [0.3, 0.4) is 0 Å². The molecule has 3 rings (SSSR count). The highest BCUT2D eigenvalue weighted by Gasteiger charge is 2.36. The summed E-state index contributed by atoms with van der Waals surface area (Å²) in [6.45, 7) is 0. The molecule has 0 atom stereocenters. The zero-order valence-corrected chi connectivity index (χ0v) is 14.9. The SMILES string of the molecule is NS(=O)(=O)c1ccc(-n2nc(C(F)(F)F)cc2C2CCCCCC2)cc1. The third-order valence-electron chi connectivity index (χ3n) is 4.71. The van der Waals surface area contributed by atoms with Crippen molar-refractivity contribution in [3.05, 3.63) is 41.7 Å². The second kappa shape index (κ2) is 7.03. The van der Waals surface area contributed by atoms with Crippen LogP contribution in [0.4, 0.5) is 13.2 Å². The average molecular weight is 387 g/mol. The molecule has 1 heterocycles. The third kappa shape index (κ3) is 4.09. The molecule has 0 radical (unpaired) electrons. The number of aromatic nitrogens is 2. The van der Waals surface area contributed by atoms with Gasteiger partial charge < -0.3 is 0 Å². The van der Waals surface area contributed by atoms with E-state index in [1.54, 1.807) is 0 Å². The predicted molar refractivity (Wildman–Crippen MR) is 90.4 cm³/mol. The fourth-order valence-electron chi connectivity index (χ4n) is 3.38. The lowest BCUT2D eigenvalue weighted by atomic mass is 9.96. The number of hydrogen-bond donors (Lipinski definition) is 1. The summed E-state index contributed by atoms with van der Waals surface area (Å²) in [6, 6.07) is 6.51. The standard InChI is InChI=1S/C17H20F3N3O2S/c18-17(19,20)16-11-15(12-5-3-1-2-4-6-12)23(22-16)13-7-9-14(10-8-13)26(21,24)25/h7-12H,1-6H2,(H2,21,24,25). The Morgan fingerprint density at radius 3 is 2.12 bits per heavy atom. The average Bonchev–Trinajstić information content (AvgIpc) is 2.84. The van der Waals surface area contributed by atoms with Gasteiger partial charge in [-0.1, -0.05) is 25.7 Å². The van der Waals surface area contributed by atoms with Crippen LogP contribution >= 0.6 is 0 Å². The number of primary sulfonamides is 1. The Balaban J connectivity index is 2.05. The number of nitrogens with two attached hydrogens (primary N) is 1. The van der Waals surface area contributed by atoms with Crippen molar-refractivity contribution in [1.29, 1.82) is 0 Å². The molecule has 5 nitrogen and oxygen atoms in total. The summed E-state index contributed by atoms with van der Waals surface area (Å²) in [5.41, 5.74) is -0.0398. The van der Waals surface area contributed by atoms with Crippen molar-refractivity contribution in [2.45, 2.75) is 55.5 Å². The number of benzene rings is 1. The molecule has 0 aliphatic heterocycles. The van der Waals surface area contributed by atoms with Crippen molar-refractivity contribution < 1.29 is 21.6 Å². The summed E-state index contributed by atoms with van der Waals surface area (Å²) in [5, 5.41) is 8.83. The summed E-state index contributed by atoms with van der Waals surface area (Å²) in [5.74, 6) is -0.000910. The predicted octanol–water partition coefficient (Wildman–Crippen LogP) is 3.98. The minimum absolute atomic E-state index is 0.000910. The molecule has 142 valence electrons. The highest BCUT2D eigenvalue weighted by atomic mass is 32.2. The van der Waals surface area contributed by atoms with E-state index in [4.69, 9.17) is 5.14 Å². The normalized spacial score (nSPS) is 17.2. The van der Waals surface area contributed by atoms with Crippen molar-refractivity contribution >= 4 is 10.0 Å². The van der Waals surface area contributed by atoms with E-state index in [9.17, 15) is 21.6 Å². The molecule has 1 aliphatic rings. The topological polar surface area (TPSA) is 78.0 Å². The molecule has 26 heavy (non-hydrogen) atoms. The molecule has 0 unspecified atom stereocenters. The molecule has 1 aromatic carbocycles. The van der Waals surface area contributed by atoms with E-state index < -0.39 is 21.9 Å². The molecule has 0 saturated heterocycles. The van der Waals surface area contributed by atoms with Crippen molar-refractivity contribution in [3.63, 3.8) is 0 Å². The van der Waals surface area contributed by atoms with Gasteiger partial charge in [0, 0.05) is 11.6 Å². The van der Waals surface area contributed by atoms with Crippen LogP contribution in [0.5, 0.6) is 0 Å². The summed E-state index contributed by atoms with van der Waals surface area (Å²) >= 11 is 0. The molecule has 1 fully saturated rings. The van der Waals surface area contributed by atoms with Crippen molar-refractivity contribution in [2.24, 2.45) is 5.14 Å². The molecule has 2 N–H and O–H groups in total.